The Balaban J connectivity index is 1.89. The molecule has 1 aliphatic rings. The van der Waals surface area contributed by atoms with Gasteiger partial charge in [0.05, 0.1) is 0 Å². The highest BCUT2D eigenvalue weighted by atomic mass is 35.5. The predicted octanol–water partition coefficient (Wildman–Crippen LogP) is 1.70. The second kappa shape index (κ2) is 8.20. The molecule has 1 saturated heterocycles. The molecule has 2 rings (SSSR count). The van der Waals surface area contributed by atoms with Crippen LogP contribution in [0.4, 0.5) is 5.69 Å². The van der Waals surface area contributed by atoms with Gasteiger partial charge in [-0.3, -0.25) is 9.59 Å². The summed E-state index contributed by atoms with van der Waals surface area (Å²) in [5.41, 5.74) is 3.74. The number of hydrogen-bond donors (Lipinski definition) is 1. The van der Waals surface area contributed by atoms with Crippen molar-refractivity contribution >= 4 is 29.1 Å². The minimum absolute atomic E-state index is 0.441. The van der Waals surface area contributed by atoms with E-state index < -0.39 is 11.8 Å². The number of anilines is 1. The SMILES string of the molecule is Cc1cccc(N2CCN(C(=O)C(=O)NCCCCl)CC2)c1C. The van der Waals surface area contributed by atoms with E-state index in [1.807, 2.05) is 0 Å². The zero-order chi connectivity index (χ0) is 16.8. The Kier molecular flexibility index (Phi) is 6.28. The topological polar surface area (TPSA) is 52.7 Å². The summed E-state index contributed by atoms with van der Waals surface area (Å²) in [7, 11) is 0. The summed E-state index contributed by atoms with van der Waals surface area (Å²) in [5, 5.41) is 2.61. The highest BCUT2D eigenvalue weighted by molar-refractivity contribution is 6.35. The smallest absolute Gasteiger partial charge is 0.312 e. The zero-order valence-electron chi connectivity index (χ0n) is 13.8. The lowest BCUT2D eigenvalue weighted by Gasteiger charge is -2.36. The number of nitrogens with one attached hydrogen (secondary N) is 1. The van der Waals surface area contributed by atoms with E-state index >= 15 is 0 Å². The summed E-state index contributed by atoms with van der Waals surface area (Å²) < 4.78 is 0. The minimum atomic E-state index is -0.532. The fourth-order valence-corrected chi connectivity index (χ4v) is 2.85. The second-order valence-electron chi connectivity index (χ2n) is 5.80. The Morgan fingerprint density at radius 3 is 2.52 bits per heavy atom. The highest BCUT2D eigenvalue weighted by Gasteiger charge is 2.26. The van der Waals surface area contributed by atoms with Crippen LogP contribution in [-0.4, -0.2) is 55.3 Å². The average Bonchev–Trinajstić information content (AvgIpc) is 2.57. The first-order chi connectivity index (χ1) is 11.0. The zero-order valence-corrected chi connectivity index (χ0v) is 14.5. The summed E-state index contributed by atoms with van der Waals surface area (Å²) in [5.74, 6) is -0.501. The quantitative estimate of drug-likeness (QED) is 0.517. The van der Waals surface area contributed by atoms with Gasteiger partial charge >= 0.3 is 11.8 Å². The molecule has 23 heavy (non-hydrogen) atoms. The molecule has 0 bridgehead atoms. The van der Waals surface area contributed by atoms with E-state index in [0.717, 1.165) is 13.1 Å². The van der Waals surface area contributed by atoms with Crippen molar-refractivity contribution in [3.8, 4) is 0 Å². The van der Waals surface area contributed by atoms with Gasteiger partial charge in [-0.1, -0.05) is 12.1 Å². The van der Waals surface area contributed by atoms with Crippen molar-refractivity contribution in [3.05, 3.63) is 29.3 Å². The molecule has 1 aromatic carbocycles. The molecule has 0 aromatic heterocycles. The number of benzene rings is 1. The molecule has 0 saturated carbocycles. The Morgan fingerprint density at radius 1 is 1.17 bits per heavy atom. The van der Waals surface area contributed by atoms with Gasteiger partial charge in [0.25, 0.3) is 0 Å². The van der Waals surface area contributed by atoms with Crippen LogP contribution in [0.15, 0.2) is 18.2 Å². The Bertz CT molecular complexity index is 569. The molecule has 1 aromatic rings. The summed E-state index contributed by atoms with van der Waals surface area (Å²) in [6.07, 6.45) is 0.668. The van der Waals surface area contributed by atoms with Crippen molar-refractivity contribution in [2.45, 2.75) is 20.3 Å². The largest absolute Gasteiger partial charge is 0.368 e. The van der Waals surface area contributed by atoms with E-state index in [1.54, 1.807) is 4.90 Å². The van der Waals surface area contributed by atoms with Gasteiger partial charge < -0.3 is 15.1 Å². The van der Waals surface area contributed by atoms with Crippen LogP contribution >= 0.6 is 11.6 Å². The molecule has 2 amide bonds. The number of amides is 2. The van der Waals surface area contributed by atoms with E-state index in [1.165, 1.54) is 16.8 Å². The van der Waals surface area contributed by atoms with Gasteiger partial charge in [0.2, 0.25) is 0 Å². The van der Waals surface area contributed by atoms with Crippen molar-refractivity contribution < 1.29 is 9.59 Å². The molecule has 0 spiro atoms. The monoisotopic (exact) mass is 337 g/mol. The molecule has 0 aliphatic carbocycles. The second-order valence-corrected chi connectivity index (χ2v) is 6.17. The Labute approximate surface area is 142 Å². The maximum absolute atomic E-state index is 12.1. The van der Waals surface area contributed by atoms with Crippen molar-refractivity contribution in [1.82, 2.24) is 10.2 Å². The number of alkyl halides is 1. The number of carbonyl (C=O) groups is 2. The third-order valence-electron chi connectivity index (χ3n) is 4.27. The van der Waals surface area contributed by atoms with Gasteiger partial charge in [-0.25, -0.2) is 0 Å². The third-order valence-corrected chi connectivity index (χ3v) is 4.54. The third kappa shape index (κ3) is 4.38. The van der Waals surface area contributed by atoms with Crippen LogP contribution in [0.5, 0.6) is 0 Å². The Morgan fingerprint density at radius 2 is 1.87 bits per heavy atom. The molecule has 0 atom stereocenters. The molecule has 6 heteroatoms. The number of nitrogens with zero attached hydrogens (tertiary/aromatic N) is 2. The van der Waals surface area contributed by atoms with Crippen LogP contribution in [0.2, 0.25) is 0 Å². The van der Waals surface area contributed by atoms with Crippen LogP contribution in [0, 0.1) is 13.8 Å². The Hall–Kier alpha value is -1.75. The molecule has 126 valence electrons. The molecular weight excluding hydrogens is 314 g/mol. The number of aryl methyl sites for hydroxylation is 1. The lowest BCUT2D eigenvalue weighted by atomic mass is 10.1. The van der Waals surface area contributed by atoms with E-state index in [-0.39, 0.29) is 0 Å². The van der Waals surface area contributed by atoms with Gasteiger partial charge in [0.1, 0.15) is 0 Å². The predicted molar refractivity (Wildman–Crippen MR) is 93.1 cm³/mol. The van der Waals surface area contributed by atoms with Crippen molar-refractivity contribution in [2.24, 2.45) is 0 Å². The number of piperazine rings is 1. The standard InChI is InChI=1S/C17H24ClN3O2/c1-13-5-3-6-15(14(13)2)20-9-11-21(12-10-20)17(23)16(22)19-8-4-7-18/h3,5-6H,4,7-12H2,1-2H3,(H,19,22). The van der Waals surface area contributed by atoms with E-state index in [0.29, 0.717) is 31.9 Å². The number of carbonyl (C=O) groups excluding carboxylic acids is 2. The molecule has 0 radical (unpaired) electrons. The van der Waals surface area contributed by atoms with Crippen molar-refractivity contribution in [1.29, 1.82) is 0 Å². The van der Waals surface area contributed by atoms with E-state index in [4.69, 9.17) is 11.6 Å². The van der Waals surface area contributed by atoms with Crippen molar-refractivity contribution in [3.63, 3.8) is 0 Å². The lowest BCUT2D eigenvalue weighted by molar-refractivity contribution is -0.146. The van der Waals surface area contributed by atoms with Crippen LogP contribution in [0.3, 0.4) is 0 Å². The van der Waals surface area contributed by atoms with Gasteiger partial charge in [-0.2, -0.15) is 0 Å². The summed E-state index contributed by atoms with van der Waals surface area (Å²) in [6.45, 7) is 7.27. The fraction of sp³-hybridized carbons (Fsp3) is 0.529. The highest BCUT2D eigenvalue weighted by Crippen LogP contribution is 2.23. The first-order valence-corrected chi connectivity index (χ1v) is 8.52. The molecular formula is C17H24ClN3O2. The molecule has 0 unspecified atom stereocenters. The fourth-order valence-electron chi connectivity index (χ4n) is 2.72. The normalized spacial score (nSPS) is 14.7. The lowest BCUT2D eigenvalue weighted by Crippen LogP contribution is -2.53. The molecule has 1 heterocycles. The van der Waals surface area contributed by atoms with Gasteiger partial charge in [-0.15, -0.1) is 11.6 Å². The van der Waals surface area contributed by atoms with E-state index in [9.17, 15) is 9.59 Å². The van der Waals surface area contributed by atoms with Gasteiger partial charge in [0.15, 0.2) is 0 Å². The first kappa shape index (κ1) is 17.6. The summed E-state index contributed by atoms with van der Waals surface area (Å²) >= 11 is 5.56. The minimum Gasteiger partial charge on any atom is -0.368 e. The maximum atomic E-state index is 12.1. The number of hydrogen-bond acceptors (Lipinski definition) is 3. The van der Waals surface area contributed by atoms with Gasteiger partial charge in [-0.05, 0) is 37.5 Å². The average molecular weight is 338 g/mol. The summed E-state index contributed by atoms with van der Waals surface area (Å²) in [4.78, 5) is 27.8. The van der Waals surface area contributed by atoms with Crippen LogP contribution in [-0.2, 0) is 9.59 Å². The molecule has 1 fully saturated rings. The number of halogens is 1. The molecule has 5 nitrogen and oxygen atoms in total. The number of rotatable bonds is 4. The molecule has 1 aliphatic heterocycles. The van der Waals surface area contributed by atoms with Crippen LogP contribution < -0.4 is 10.2 Å². The maximum Gasteiger partial charge on any atom is 0.312 e. The van der Waals surface area contributed by atoms with Crippen molar-refractivity contribution in [2.75, 3.05) is 43.5 Å². The van der Waals surface area contributed by atoms with Crippen LogP contribution in [0.1, 0.15) is 17.5 Å². The van der Waals surface area contributed by atoms with Gasteiger partial charge in [0, 0.05) is 44.3 Å². The van der Waals surface area contributed by atoms with Crippen LogP contribution in [0.25, 0.3) is 0 Å². The summed E-state index contributed by atoms with van der Waals surface area (Å²) in [6, 6.07) is 6.27. The first-order valence-electron chi connectivity index (χ1n) is 7.99. The van der Waals surface area contributed by atoms with E-state index in [2.05, 4.69) is 42.3 Å². The molecule has 1 N–H and O–H groups in total.